The van der Waals surface area contributed by atoms with Crippen LogP contribution in [0.2, 0.25) is 0 Å². The molecule has 8 heteroatoms. The van der Waals surface area contributed by atoms with Crippen LogP contribution in [0.15, 0.2) is 39.0 Å². The average Bonchev–Trinajstić information content (AvgIpc) is 2.71. The first-order valence-corrected chi connectivity index (χ1v) is 8.42. The summed E-state index contributed by atoms with van der Waals surface area (Å²) in [4.78, 5) is 1.10. The molecule has 0 saturated heterocycles. The summed E-state index contributed by atoms with van der Waals surface area (Å²) in [6.07, 6.45) is 0. The number of nitrogens with one attached hydrogen (secondary N) is 1. The lowest BCUT2D eigenvalue weighted by atomic mass is 10.3. The fraction of sp³-hybridized carbons (Fsp3) is 0.0909. The van der Waals surface area contributed by atoms with E-state index in [2.05, 4.69) is 21.2 Å². The van der Waals surface area contributed by atoms with Gasteiger partial charge < -0.3 is 11.1 Å². The molecule has 2 rings (SSSR count). The Morgan fingerprint density at radius 3 is 2.53 bits per heavy atom. The van der Waals surface area contributed by atoms with Gasteiger partial charge in [0, 0.05) is 17.1 Å². The molecule has 1 aromatic heterocycles. The molecule has 0 fully saturated rings. The van der Waals surface area contributed by atoms with E-state index in [9.17, 15) is 8.42 Å². The van der Waals surface area contributed by atoms with Gasteiger partial charge in [-0.2, -0.15) is 0 Å². The summed E-state index contributed by atoms with van der Waals surface area (Å²) in [5.41, 5.74) is 6.56. The van der Waals surface area contributed by atoms with Crippen LogP contribution in [0.5, 0.6) is 0 Å². The van der Waals surface area contributed by atoms with E-state index < -0.39 is 10.0 Å². The molecular formula is C11H12BrN3O2S2. The normalized spacial score (nSPS) is 11.5. The van der Waals surface area contributed by atoms with Crippen molar-refractivity contribution in [3.05, 3.63) is 39.0 Å². The minimum absolute atomic E-state index is 0.0584. The molecule has 5 nitrogen and oxygen atoms in total. The van der Waals surface area contributed by atoms with Crippen LogP contribution in [0.1, 0.15) is 4.88 Å². The third kappa shape index (κ3) is 3.69. The number of thiophene rings is 1. The molecule has 1 heterocycles. The Morgan fingerprint density at radius 2 is 2.00 bits per heavy atom. The summed E-state index contributed by atoms with van der Waals surface area (Å²) >= 11 is 5.02. The second-order valence-electron chi connectivity index (χ2n) is 3.86. The quantitative estimate of drug-likeness (QED) is 0.727. The fourth-order valence-electron chi connectivity index (χ4n) is 1.55. The molecule has 0 bridgehead atoms. The highest BCUT2D eigenvalue weighted by atomic mass is 79.9. The molecule has 102 valence electrons. The molecule has 0 saturated carbocycles. The number of sulfonamides is 1. The van der Waals surface area contributed by atoms with E-state index in [1.165, 1.54) is 6.07 Å². The highest BCUT2D eigenvalue weighted by Gasteiger charge is 2.12. The molecule has 19 heavy (non-hydrogen) atoms. The number of benzene rings is 1. The van der Waals surface area contributed by atoms with Crippen LogP contribution >= 0.6 is 27.3 Å². The second-order valence-corrected chi connectivity index (χ2v) is 7.93. The molecule has 5 N–H and O–H groups in total. The van der Waals surface area contributed by atoms with E-state index in [0.29, 0.717) is 6.54 Å². The van der Waals surface area contributed by atoms with Gasteiger partial charge in [-0.3, -0.25) is 0 Å². The van der Waals surface area contributed by atoms with E-state index in [1.807, 2.05) is 12.1 Å². The number of nitrogens with two attached hydrogens (primary N) is 2. The van der Waals surface area contributed by atoms with Crippen LogP contribution in [0.3, 0.4) is 0 Å². The Morgan fingerprint density at radius 1 is 1.26 bits per heavy atom. The van der Waals surface area contributed by atoms with Crippen molar-refractivity contribution in [1.29, 1.82) is 0 Å². The minimum atomic E-state index is -3.77. The summed E-state index contributed by atoms with van der Waals surface area (Å²) < 4.78 is 23.5. The predicted octanol–water partition coefficient (Wildman–Crippen LogP) is 2.35. The van der Waals surface area contributed by atoms with Crippen LogP contribution in [-0.4, -0.2) is 8.42 Å². The maximum Gasteiger partial charge on any atom is 0.240 e. The Balaban J connectivity index is 2.12. The lowest BCUT2D eigenvalue weighted by Crippen LogP contribution is -2.14. The molecule has 0 unspecified atom stereocenters. The Bertz CT molecular complexity index is 698. The summed E-state index contributed by atoms with van der Waals surface area (Å²) in [6.45, 7) is 0.643. The molecule has 0 atom stereocenters. The van der Waals surface area contributed by atoms with Crippen LogP contribution in [0.25, 0.3) is 0 Å². The van der Waals surface area contributed by atoms with Gasteiger partial charge in [-0.15, -0.1) is 11.3 Å². The van der Waals surface area contributed by atoms with Gasteiger partial charge in [-0.1, -0.05) is 0 Å². The number of nitrogen functional groups attached to an aromatic ring is 1. The topological polar surface area (TPSA) is 98.2 Å². The van der Waals surface area contributed by atoms with E-state index in [0.717, 1.165) is 14.4 Å². The average molecular weight is 362 g/mol. The third-order valence-corrected chi connectivity index (χ3v) is 5.02. The van der Waals surface area contributed by atoms with E-state index in [1.54, 1.807) is 23.5 Å². The maximum atomic E-state index is 11.2. The van der Waals surface area contributed by atoms with Gasteiger partial charge in [0.15, 0.2) is 0 Å². The van der Waals surface area contributed by atoms with Gasteiger partial charge >= 0.3 is 0 Å². The van der Waals surface area contributed by atoms with Crippen LogP contribution in [0, 0.1) is 0 Å². The molecule has 0 radical (unpaired) electrons. The lowest BCUT2D eigenvalue weighted by molar-refractivity contribution is 0.598. The number of hydrogen-bond donors (Lipinski definition) is 3. The molecule has 1 aromatic carbocycles. The highest BCUT2D eigenvalue weighted by molar-refractivity contribution is 9.11. The summed E-state index contributed by atoms with van der Waals surface area (Å²) in [6, 6.07) is 8.57. The van der Waals surface area contributed by atoms with Crippen molar-refractivity contribution in [2.45, 2.75) is 11.4 Å². The van der Waals surface area contributed by atoms with Crippen molar-refractivity contribution in [1.82, 2.24) is 0 Å². The molecule has 0 aliphatic rings. The minimum Gasteiger partial charge on any atom is -0.398 e. The Hall–Kier alpha value is -1.09. The van der Waals surface area contributed by atoms with Crippen molar-refractivity contribution in [2.75, 3.05) is 11.1 Å². The van der Waals surface area contributed by atoms with E-state index in [-0.39, 0.29) is 10.6 Å². The summed E-state index contributed by atoms with van der Waals surface area (Å²) in [7, 11) is -3.77. The zero-order valence-corrected chi connectivity index (χ0v) is 13.0. The van der Waals surface area contributed by atoms with Crippen molar-refractivity contribution in [3.63, 3.8) is 0 Å². The highest BCUT2D eigenvalue weighted by Crippen LogP contribution is 2.25. The molecular weight excluding hydrogens is 350 g/mol. The number of rotatable bonds is 4. The molecule has 2 aromatic rings. The van der Waals surface area contributed by atoms with Gasteiger partial charge in [-0.25, -0.2) is 13.6 Å². The van der Waals surface area contributed by atoms with Crippen molar-refractivity contribution in [3.8, 4) is 0 Å². The SMILES string of the molecule is Nc1cc(NCc2ccc(Br)s2)ccc1S(N)(=O)=O. The summed E-state index contributed by atoms with van der Waals surface area (Å²) in [5.74, 6) is 0. The van der Waals surface area contributed by atoms with Gasteiger partial charge in [0.25, 0.3) is 0 Å². The first-order chi connectivity index (χ1) is 8.86. The smallest absolute Gasteiger partial charge is 0.240 e. The first kappa shape index (κ1) is 14.3. The Kier molecular flexibility index (Phi) is 4.14. The monoisotopic (exact) mass is 361 g/mol. The van der Waals surface area contributed by atoms with Crippen molar-refractivity contribution >= 4 is 48.7 Å². The number of hydrogen-bond acceptors (Lipinski definition) is 5. The molecule has 0 aliphatic heterocycles. The fourth-order valence-corrected chi connectivity index (χ4v) is 3.62. The number of halogens is 1. The molecule has 0 amide bonds. The predicted molar refractivity (Wildman–Crippen MR) is 81.6 cm³/mol. The number of anilines is 2. The van der Waals surface area contributed by atoms with Crippen LogP contribution in [-0.2, 0) is 16.6 Å². The lowest BCUT2D eigenvalue weighted by Gasteiger charge is -2.08. The number of primary sulfonamides is 1. The largest absolute Gasteiger partial charge is 0.398 e. The molecule has 0 spiro atoms. The summed E-state index contributed by atoms with van der Waals surface area (Å²) in [5, 5.41) is 8.21. The van der Waals surface area contributed by atoms with Crippen LogP contribution < -0.4 is 16.2 Å². The maximum absolute atomic E-state index is 11.2. The second kappa shape index (κ2) is 5.49. The van der Waals surface area contributed by atoms with Gasteiger partial charge in [0.1, 0.15) is 4.90 Å². The standard InChI is InChI=1S/C11H12BrN3O2S2/c12-11-4-2-8(18-11)6-15-7-1-3-10(9(13)5-7)19(14,16)17/h1-5,15H,6,13H2,(H2,14,16,17). The van der Waals surface area contributed by atoms with Crippen molar-refractivity contribution in [2.24, 2.45) is 5.14 Å². The van der Waals surface area contributed by atoms with E-state index in [4.69, 9.17) is 10.9 Å². The zero-order chi connectivity index (χ0) is 14.0. The third-order valence-electron chi connectivity index (χ3n) is 2.41. The Labute approximate surface area is 123 Å². The van der Waals surface area contributed by atoms with Gasteiger partial charge in [-0.05, 0) is 46.3 Å². The van der Waals surface area contributed by atoms with Crippen LogP contribution in [0.4, 0.5) is 11.4 Å². The van der Waals surface area contributed by atoms with Crippen molar-refractivity contribution < 1.29 is 8.42 Å². The first-order valence-electron chi connectivity index (χ1n) is 5.26. The van der Waals surface area contributed by atoms with E-state index >= 15 is 0 Å². The van der Waals surface area contributed by atoms with Gasteiger partial charge in [0.05, 0.1) is 9.47 Å². The molecule has 0 aliphatic carbocycles. The van der Waals surface area contributed by atoms with Gasteiger partial charge in [0.2, 0.25) is 10.0 Å². The zero-order valence-electron chi connectivity index (χ0n) is 9.76.